The van der Waals surface area contributed by atoms with E-state index in [0.717, 1.165) is 16.5 Å². The average molecular weight is 409 g/mol. The second-order valence-electron chi connectivity index (χ2n) is 6.99. The maximum absolute atomic E-state index is 12.8. The highest BCUT2D eigenvalue weighted by Gasteiger charge is 2.23. The molecule has 2 aromatic carbocycles. The lowest BCUT2D eigenvalue weighted by molar-refractivity contribution is 0.0960. The van der Waals surface area contributed by atoms with Gasteiger partial charge in [0.2, 0.25) is 0 Å². The first-order valence-electron chi connectivity index (χ1n) is 9.73. The van der Waals surface area contributed by atoms with Gasteiger partial charge in [0, 0.05) is 29.2 Å². The van der Waals surface area contributed by atoms with E-state index in [2.05, 4.69) is 31.9 Å². The van der Waals surface area contributed by atoms with E-state index in [0.29, 0.717) is 28.7 Å². The quantitative estimate of drug-likeness (QED) is 0.305. The number of fused-ring (bicyclic) bond motifs is 3. The molecule has 0 saturated heterocycles. The molecule has 0 unspecified atom stereocenters. The number of nitrogen functional groups attached to an aromatic ring is 1. The van der Waals surface area contributed by atoms with E-state index in [4.69, 9.17) is 5.73 Å². The van der Waals surface area contributed by atoms with Crippen molar-refractivity contribution in [1.82, 2.24) is 24.9 Å². The number of nitrogens with two attached hydrogens (primary N) is 1. The van der Waals surface area contributed by atoms with Gasteiger partial charge in [-0.05, 0) is 18.2 Å². The molecule has 5 aromatic rings. The summed E-state index contributed by atoms with van der Waals surface area (Å²) in [5.74, 6) is -0.184. The molecule has 0 atom stereocenters. The van der Waals surface area contributed by atoms with Gasteiger partial charge in [0.1, 0.15) is 16.9 Å². The molecule has 152 valence electrons. The summed E-state index contributed by atoms with van der Waals surface area (Å²) < 4.78 is 1.46. The molecule has 0 radical (unpaired) electrons. The number of carbonyl (C=O) groups is 1. The van der Waals surface area contributed by atoms with E-state index in [1.807, 2.05) is 54.7 Å². The molecule has 1 amide bonds. The standard InChI is InChI=1S/C23H19N7O/c1-2-11-25-23(31)19-20-22(29-18-10-6-5-9-17(18)28-20)30(21(19)24)27-13-14-12-26-16-8-4-3-7-15(14)16/h2-10,12-13,26H,1,11,24H2,(H,25,31). The first-order valence-corrected chi connectivity index (χ1v) is 9.73. The zero-order valence-corrected chi connectivity index (χ0v) is 16.5. The minimum absolute atomic E-state index is 0.169. The Balaban J connectivity index is 1.71. The fourth-order valence-corrected chi connectivity index (χ4v) is 3.56. The minimum Gasteiger partial charge on any atom is -0.383 e. The van der Waals surface area contributed by atoms with E-state index in [-0.39, 0.29) is 17.3 Å². The second-order valence-corrected chi connectivity index (χ2v) is 6.99. The van der Waals surface area contributed by atoms with Gasteiger partial charge in [0.25, 0.3) is 5.91 Å². The largest absolute Gasteiger partial charge is 0.383 e. The summed E-state index contributed by atoms with van der Waals surface area (Å²) in [6.45, 7) is 3.94. The molecular formula is C23H19N7O. The maximum atomic E-state index is 12.8. The number of hydrogen-bond acceptors (Lipinski definition) is 5. The third-order valence-electron chi connectivity index (χ3n) is 5.04. The van der Waals surface area contributed by atoms with Gasteiger partial charge in [-0.1, -0.05) is 36.4 Å². The fourth-order valence-electron chi connectivity index (χ4n) is 3.56. The summed E-state index contributed by atoms with van der Waals surface area (Å²) in [6, 6.07) is 15.4. The summed E-state index contributed by atoms with van der Waals surface area (Å²) in [6.07, 6.45) is 5.16. The number of nitrogens with one attached hydrogen (secondary N) is 2. The maximum Gasteiger partial charge on any atom is 0.257 e. The Hall–Kier alpha value is -4.46. The highest BCUT2D eigenvalue weighted by Crippen LogP contribution is 2.28. The van der Waals surface area contributed by atoms with Crippen molar-refractivity contribution >= 4 is 51.0 Å². The molecule has 5 rings (SSSR count). The molecule has 8 nitrogen and oxygen atoms in total. The van der Waals surface area contributed by atoms with Gasteiger partial charge in [0.05, 0.1) is 17.2 Å². The summed E-state index contributed by atoms with van der Waals surface area (Å²) >= 11 is 0. The molecule has 0 spiro atoms. The Labute approximate surface area is 177 Å². The molecule has 4 N–H and O–H groups in total. The molecule has 31 heavy (non-hydrogen) atoms. The zero-order valence-electron chi connectivity index (χ0n) is 16.5. The third kappa shape index (κ3) is 3.10. The lowest BCUT2D eigenvalue weighted by atomic mass is 10.2. The second kappa shape index (κ2) is 7.42. The van der Waals surface area contributed by atoms with Crippen LogP contribution >= 0.6 is 0 Å². The van der Waals surface area contributed by atoms with Crippen molar-refractivity contribution in [2.45, 2.75) is 0 Å². The number of benzene rings is 2. The number of rotatable bonds is 5. The number of para-hydroxylation sites is 3. The van der Waals surface area contributed by atoms with Crippen LogP contribution in [0.25, 0.3) is 33.1 Å². The lowest BCUT2D eigenvalue weighted by Gasteiger charge is -2.02. The number of aromatic amines is 1. The van der Waals surface area contributed by atoms with Crippen LogP contribution in [0.5, 0.6) is 0 Å². The number of hydrogen-bond donors (Lipinski definition) is 3. The molecule has 0 aliphatic heterocycles. The van der Waals surface area contributed by atoms with Crippen molar-refractivity contribution in [2.75, 3.05) is 12.3 Å². The Morgan fingerprint density at radius 2 is 1.90 bits per heavy atom. The monoisotopic (exact) mass is 409 g/mol. The fraction of sp³-hybridized carbons (Fsp3) is 0.0435. The first-order chi connectivity index (χ1) is 15.2. The van der Waals surface area contributed by atoms with Gasteiger partial charge in [-0.2, -0.15) is 9.78 Å². The van der Waals surface area contributed by atoms with Crippen LogP contribution in [0.2, 0.25) is 0 Å². The number of aromatic nitrogens is 4. The summed E-state index contributed by atoms with van der Waals surface area (Å²) in [7, 11) is 0. The number of amides is 1. The molecule has 0 aliphatic carbocycles. The smallest absolute Gasteiger partial charge is 0.257 e. The minimum atomic E-state index is -0.354. The van der Waals surface area contributed by atoms with Crippen molar-refractivity contribution in [3.8, 4) is 0 Å². The first kappa shape index (κ1) is 18.6. The van der Waals surface area contributed by atoms with Crippen molar-refractivity contribution in [3.63, 3.8) is 0 Å². The molecule has 0 saturated carbocycles. The molecule has 0 bridgehead atoms. The van der Waals surface area contributed by atoms with Gasteiger partial charge >= 0.3 is 0 Å². The van der Waals surface area contributed by atoms with Crippen molar-refractivity contribution in [2.24, 2.45) is 5.10 Å². The molecule has 8 heteroatoms. The van der Waals surface area contributed by atoms with Crippen LogP contribution in [-0.2, 0) is 0 Å². The predicted molar refractivity (Wildman–Crippen MR) is 123 cm³/mol. The van der Waals surface area contributed by atoms with Crippen LogP contribution in [0.15, 0.2) is 72.5 Å². The van der Waals surface area contributed by atoms with Crippen LogP contribution in [0.4, 0.5) is 5.82 Å². The Morgan fingerprint density at radius 3 is 2.71 bits per heavy atom. The van der Waals surface area contributed by atoms with E-state index >= 15 is 0 Å². The Morgan fingerprint density at radius 1 is 1.16 bits per heavy atom. The lowest BCUT2D eigenvalue weighted by Crippen LogP contribution is -2.24. The highest BCUT2D eigenvalue weighted by atomic mass is 16.1. The SMILES string of the molecule is C=CCNC(=O)c1c(N)n(N=Cc2c[nH]c3ccccc23)c2nc3ccccc3nc12. The number of carbonyl (C=O) groups excluding carboxylic acids is 1. The van der Waals surface area contributed by atoms with Crippen molar-refractivity contribution in [1.29, 1.82) is 0 Å². The van der Waals surface area contributed by atoms with Crippen LogP contribution in [0, 0.1) is 0 Å². The van der Waals surface area contributed by atoms with Gasteiger partial charge < -0.3 is 16.0 Å². The Kier molecular flexibility index (Phi) is 4.44. The van der Waals surface area contributed by atoms with Gasteiger partial charge in [-0.15, -0.1) is 6.58 Å². The number of H-pyrrole nitrogens is 1. The summed E-state index contributed by atoms with van der Waals surface area (Å²) in [5.41, 5.74) is 10.7. The molecule has 3 heterocycles. The van der Waals surface area contributed by atoms with Crippen LogP contribution in [-0.4, -0.2) is 38.3 Å². The van der Waals surface area contributed by atoms with E-state index in [9.17, 15) is 4.79 Å². The third-order valence-corrected chi connectivity index (χ3v) is 5.04. The van der Waals surface area contributed by atoms with Gasteiger partial charge in [0.15, 0.2) is 5.65 Å². The Bertz CT molecular complexity index is 1490. The average Bonchev–Trinajstić information content (AvgIpc) is 3.32. The van der Waals surface area contributed by atoms with Gasteiger partial charge in [-0.25, -0.2) is 9.97 Å². The number of anilines is 1. The van der Waals surface area contributed by atoms with Crippen LogP contribution < -0.4 is 11.1 Å². The predicted octanol–water partition coefficient (Wildman–Crippen LogP) is 3.45. The normalized spacial score (nSPS) is 11.6. The molecule has 0 fully saturated rings. The van der Waals surface area contributed by atoms with Crippen LogP contribution in [0.3, 0.4) is 0 Å². The summed E-state index contributed by atoms with van der Waals surface area (Å²) in [5, 5.41) is 8.35. The highest BCUT2D eigenvalue weighted by molar-refractivity contribution is 6.11. The molecule has 0 aliphatic rings. The van der Waals surface area contributed by atoms with Crippen LogP contribution in [0.1, 0.15) is 15.9 Å². The van der Waals surface area contributed by atoms with E-state index < -0.39 is 0 Å². The topological polar surface area (TPSA) is 114 Å². The van der Waals surface area contributed by atoms with E-state index in [1.165, 1.54) is 4.68 Å². The molecule has 3 aromatic heterocycles. The van der Waals surface area contributed by atoms with Gasteiger partial charge in [-0.3, -0.25) is 4.79 Å². The zero-order chi connectivity index (χ0) is 21.4. The molecular weight excluding hydrogens is 390 g/mol. The van der Waals surface area contributed by atoms with Crippen molar-refractivity contribution < 1.29 is 4.79 Å². The van der Waals surface area contributed by atoms with Crippen molar-refractivity contribution in [3.05, 3.63) is 78.5 Å². The number of nitrogens with zero attached hydrogens (tertiary/aromatic N) is 4. The van der Waals surface area contributed by atoms with E-state index in [1.54, 1.807) is 12.3 Å². The summed E-state index contributed by atoms with van der Waals surface area (Å²) in [4.78, 5) is 25.4.